The molecule has 1 saturated heterocycles. The number of benzene rings is 1. The van der Waals surface area contributed by atoms with Crippen LogP contribution in [0.4, 0.5) is 0 Å². The van der Waals surface area contributed by atoms with E-state index in [1.54, 1.807) is 0 Å². The first-order valence-electron chi connectivity index (χ1n) is 4.00. The normalized spacial score (nSPS) is 29.0. The Bertz CT molecular complexity index is 271. The quantitative estimate of drug-likeness (QED) is 0.704. The summed E-state index contributed by atoms with van der Waals surface area (Å²) in [5.41, 5.74) is 1.06. The minimum absolute atomic E-state index is 0.00120. The first-order valence-corrected chi connectivity index (χ1v) is 5.78. The largest absolute Gasteiger partial charge is 0.299 e. The molecule has 3 heteroatoms. The lowest BCUT2D eigenvalue weighted by atomic mass is 10.1. The third-order valence-corrected chi connectivity index (χ3v) is 4.56. The van der Waals surface area contributed by atoms with Crippen molar-refractivity contribution in [1.29, 1.82) is 0 Å². The SMILES string of the molecule is OS1(O)CCC1c1ccccc1. The highest BCUT2D eigenvalue weighted by molar-refractivity contribution is 8.25. The van der Waals surface area contributed by atoms with E-state index in [0.717, 1.165) is 12.0 Å². The van der Waals surface area contributed by atoms with E-state index in [-0.39, 0.29) is 5.25 Å². The molecule has 1 aliphatic rings. The molecule has 1 aliphatic heterocycles. The van der Waals surface area contributed by atoms with Crippen molar-refractivity contribution in [3.05, 3.63) is 35.9 Å². The molecule has 1 aromatic carbocycles. The summed E-state index contributed by atoms with van der Waals surface area (Å²) in [5.74, 6) is 0.576. The Hall–Kier alpha value is -0.510. The summed E-state index contributed by atoms with van der Waals surface area (Å²) in [6.07, 6.45) is 0.909. The van der Waals surface area contributed by atoms with Crippen molar-refractivity contribution in [2.75, 3.05) is 5.75 Å². The van der Waals surface area contributed by atoms with Gasteiger partial charge in [0.25, 0.3) is 0 Å². The second kappa shape index (κ2) is 2.76. The van der Waals surface area contributed by atoms with Crippen molar-refractivity contribution in [3.8, 4) is 0 Å². The van der Waals surface area contributed by atoms with E-state index in [1.165, 1.54) is 0 Å². The topological polar surface area (TPSA) is 40.5 Å². The highest BCUT2D eigenvalue weighted by Crippen LogP contribution is 2.64. The van der Waals surface area contributed by atoms with Crippen molar-refractivity contribution < 1.29 is 9.11 Å². The smallest absolute Gasteiger partial charge is 0.0749 e. The van der Waals surface area contributed by atoms with Gasteiger partial charge in [-0.15, -0.1) is 0 Å². The first kappa shape index (κ1) is 8.10. The summed E-state index contributed by atoms with van der Waals surface area (Å²) in [6, 6.07) is 9.72. The molecule has 0 bridgehead atoms. The first-order chi connectivity index (χ1) is 5.70. The molecule has 0 aliphatic carbocycles. The lowest BCUT2D eigenvalue weighted by Crippen LogP contribution is -2.24. The Labute approximate surface area is 73.6 Å². The molecule has 0 aromatic heterocycles. The van der Waals surface area contributed by atoms with Crippen LogP contribution in [-0.4, -0.2) is 14.9 Å². The fourth-order valence-corrected chi connectivity index (χ4v) is 2.98. The van der Waals surface area contributed by atoms with Gasteiger partial charge in [0.15, 0.2) is 0 Å². The Morgan fingerprint density at radius 2 is 1.83 bits per heavy atom. The predicted molar refractivity (Wildman–Crippen MR) is 51.5 cm³/mol. The van der Waals surface area contributed by atoms with Crippen molar-refractivity contribution in [3.63, 3.8) is 0 Å². The summed E-state index contributed by atoms with van der Waals surface area (Å²) in [6.45, 7) is 0. The fourth-order valence-electron chi connectivity index (χ4n) is 1.50. The summed E-state index contributed by atoms with van der Waals surface area (Å²) >= 11 is 0. The lowest BCUT2D eigenvalue weighted by molar-refractivity contribution is 0.441. The summed E-state index contributed by atoms with van der Waals surface area (Å²) in [5, 5.41) is -0.00120. The molecule has 66 valence electrons. The number of hydrogen-bond acceptors (Lipinski definition) is 2. The molecule has 1 unspecified atom stereocenters. The second-order valence-electron chi connectivity index (χ2n) is 3.11. The van der Waals surface area contributed by atoms with Gasteiger partial charge in [-0.25, -0.2) is 0 Å². The number of rotatable bonds is 1. The monoisotopic (exact) mass is 184 g/mol. The maximum atomic E-state index is 9.47. The van der Waals surface area contributed by atoms with Gasteiger partial charge < -0.3 is 0 Å². The van der Waals surface area contributed by atoms with Crippen LogP contribution in [0.25, 0.3) is 0 Å². The van der Waals surface area contributed by atoms with Gasteiger partial charge in [0.1, 0.15) is 0 Å². The molecule has 2 nitrogen and oxygen atoms in total. The molecule has 1 aromatic rings. The van der Waals surface area contributed by atoms with E-state index in [2.05, 4.69) is 0 Å². The zero-order valence-electron chi connectivity index (χ0n) is 6.68. The summed E-state index contributed by atoms with van der Waals surface area (Å²) < 4.78 is 18.9. The Kier molecular flexibility index (Phi) is 1.87. The standard InChI is InChI=1S/C9H12O2S/c10-12(11)7-6-9(12)8-4-2-1-3-5-8/h1-5,9-11H,6-7H2. The minimum atomic E-state index is -2.28. The van der Waals surface area contributed by atoms with Crippen LogP contribution < -0.4 is 0 Å². The van der Waals surface area contributed by atoms with Gasteiger partial charge in [-0.2, -0.15) is 10.6 Å². The van der Waals surface area contributed by atoms with Crippen LogP contribution in [0.1, 0.15) is 17.2 Å². The number of hydrogen-bond donors (Lipinski definition) is 2. The van der Waals surface area contributed by atoms with E-state index >= 15 is 0 Å². The third kappa shape index (κ3) is 1.24. The van der Waals surface area contributed by atoms with Crippen LogP contribution >= 0.6 is 10.6 Å². The maximum absolute atomic E-state index is 9.47. The predicted octanol–water partition coefficient (Wildman–Crippen LogP) is 2.88. The molecule has 2 rings (SSSR count). The van der Waals surface area contributed by atoms with E-state index in [1.807, 2.05) is 30.3 Å². The Balaban J connectivity index is 2.22. The zero-order chi connectivity index (χ0) is 8.60. The van der Waals surface area contributed by atoms with E-state index in [9.17, 15) is 9.11 Å². The van der Waals surface area contributed by atoms with Crippen LogP contribution in [0.2, 0.25) is 0 Å². The molecule has 0 radical (unpaired) electrons. The van der Waals surface area contributed by atoms with Gasteiger partial charge >= 0.3 is 0 Å². The van der Waals surface area contributed by atoms with Crippen LogP contribution in [0.5, 0.6) is 0 Å². The fraction of sp³-hybridized carbons (Fsp3) is 0.333. The van der Waals surface area contributed by atoms with Gasteiger partial charge in [0, 0.05) is 5.75 Å². The highest BCUT2D eigenvalue weighted by Gasteiger charge is 2.36. The van der Waals surface area contributed by atoms with Gasteiger partial charge in [0.2, 0.25) is 0 Å². The van der Waals surface area contributed by atoms with E-state index in [0.29, 0.717) is 5.75 Å². The van der Waals surface area contributed by atoms with Crippen molar-refractivity contribution in [2.24, 2.45) is 0 Å². The molecule has 12 heavy (non-hydrogen) atoms. The molecular formula is C9H12O2S. The third-order valence-electron chi connectivity index (χ3n) is 2.31. The molecule has 0 spiro atoms. The van der Waals surface area contributed by atoms with Crippen LogP contribution in [0.15, 0.2) is 30.3 Å². The second-order valence-corrected chi connectivity index (χ2v) is 5.52. The van der Waals surface area contributed by atoms with Crippen molar-refractivity contribution in [2.45, 2.75) is 11.7 Å². The van der Waals surface area contributed by atoms with Gasteiger partial charge in [0.05, 0.1) is 5.25 Å². The molecule has 1 heterocycles. The molecule has 0 amide bonds. The van der Waals surface area contributed by atoms with Gasteiger partial charge in [-0.05, 0) is 12.0 Å². The average Bonchev–Trinajstić information content (AvgIpc) is 2.05. The molecule has 0 saturated carbocycles. The highest BCUT2D eigenvalue weighted by atomic mass is 32.3. The van der Waals surface area contributed by atoms with Crippen molar-refractivity contribution in [1.82, 2.24) is 0 Å². The molecular weight excluding hydrogens is 172 g/mol. The van der Waals surface area contributed by atoms with Crippen molar-refractivity contribution >= 4 is 10.6 Å². The molecule has 1 atom stereocenters. The van der Waals surface area contributed by atoms with Gasteiger partial charge in [-0.1, -0.05) is 30.3 Å². The molecule has 2 N–H and O–H groups in total. The lowest BCUT2D eigenvalue weighted by Gasteiger charge is -2.49. The van der Waals surface area contributed by atoms with Gasteiger partial charge in [-0.3, -0.25) is 9.11 Å². The van der Waals surface area contributed by atoms with Crippen LogP contribution in [0.3, 0.4) is 0 Å². The molecule has 1 fully saturated rings. The zero-order valence-corrected chi connectivity index (χ0v) is 7.50. The minimum Gasteiger partial charge on any atom is -0.299 e. The summed E-state index contributed by atoms with van der Waals surface area (Å²) in [4.78, 5) is 0. The average molecular weight is 184 g/mol. The van der Waals surface area contributed by atoms with Crippen LogP contribution in [-0.2, 0) is 0 Å². The van der Waals surface area contributed by atoms with E-state index < -0.39 is 10.6 Å². The van der Waals surface area contributed by atoms with E-state index in [4.69, 9.17) is 0 Å². The maximum Gasteiger partial charge on any atom is 0.0749 e. The Morgan fingerprint density at radius 1 is 1.17 bits per heavy atom. The summed E-state index contributed by atoms with van der Waals surface area (Å²) in [7, 11) is -2.28. The Morgan fingerprint density at radius 3 is 2.25 bits per heavy atom. The van der Waals surface area contributed by atoms with Crippen LogP contribution in [0, 0.1) is 0 Å².